The first kappa shape index (κ1) is 33.2. The van der Waals surface area contributed by atoms with Crippen LogP contribution in [0.25, 0.3) is 0 Å². The Kier molecular flexibility index (Phi) is 12.4. The van der Waals surface area contributed by atoms with Crippen molar-refractivity contribution >= 4 is 31.7 Å². The number of ether oxygens (including phenoxy) is 5. The Morgan fingerprint density at radius 3 is 2.00 bits per heavy atom. The SMILES string of the molecule is CCCCOP(=O)(OCCCC)O[C@]1(C(=O)OC)CC[C@@]2(CC(=O)O2)C([C@H](OC(C)=O)[C@@H](CC)OC(C)=O)O1. The van der Waals surface area contributed by atoms with Crippen molar-refractivity contribution in [2.45, 2.75) is 116 Å². The molecule has 2 saturated heterocycles. The van der Waals surface area contributed by atoms with Crippen LogP contribution in [0, 0.1) is 0 Å². The molecule has 5 atom stereocenters. The van der Waals surface area contributed by atoms with Gasteiger partial charge in [-0.3, -0.25) is 23.4 Å². The van der Waals surface area contributed by atoms with Gasteiger partial charge in [0.2, 0.25) is 0 Å². The molecule has 2 aliphatic rings. The highest BCUT2D eigenvalue weighted by atomic mass is 31.2. The smallest absolute Gasteiger partial charge is 0.465 e. The van der Waals surface area contributed by atoms with Gasteiger partial charge in [-0.1, -0.05) is 33.6 Å². The lowest BCUT2D eigenvalue weighted by Gasteiger charge is -2.54. The van der Waals surface area contributed by atoms with E-state index in [4.69, 9.17) is 37.3 Å². The lowest BCUT2D eigenvalue weighted by atomic mass is 9.76. The first-order valence-electron chi connectivity index (χ1n) is 13.3. The molecule has 0 amide bonds. The molecule has 2 heterocycles. The van der Waals surface area contributed by atoms with E-state index in [1.54, 1.807) is 6.92 Å². The molecular weight excluding hydrogens is 539 g/mol. The third kappa shape index (κ3) is 8.47. The van der Waals surface area contributed by atoms with Crippen molar-refractivity contribution in [1.82, 2.24) is 0 Å². The number of carbonyl (C=O) groups excluding carboxylic acids is 4. The second kappa shape index (κ2) is 14.5. The van der Waals surface area contributed by atoms with Gasteiger partial charge in [0.15, 0.2) is 11.7 Å². The number of phosphoric ester groups is 1. The fourth-order valence-corrected chi connectivity index (χ4v) is 5.91. The summed E-state index contributed by atoms with van der Waals surface area (Å²) in [5, 5.41) is 0. The van der Waals surface area contributed by atoms with E-state index in [9.17, 15) is 23.7 Å². The van der Waals surface area contributed by atoms with Crippen molar-refractivity contribution in [1.29, 1.82) is 0 Å². The van der Waals surface area contributed by atoms with Crippen molar-refractivity contribution in [3.05, 3.63) is 0 Å². The van der Waals surface area contributed by atoms with Gasteiger partial charge in [-0.2, -0.15) is 0 Å². The van der Waals surface area contributed by atoms with Gasteiger partial charge in [-0.15, -0.1) is 0 Å². The zero-order valence-corrected chi connectivity index (χ0v) is 24.5. The van der Waals surface area contributed by atoms with E-state index < -0.39 is 61.4 Å². The second-order valence-corrected chi connectivity index (χ2v) is 11.1. The predicted molar refractivity (Wildman–Crippen MR) is 134 cm³/mol. The van der Waals surface area contributed by atoms with Crippen molar-refractivity contribution in [2.24, 2.45) is 0 Å². The first-order chi connectivity index (χ1) is 18.4. The molecule has 2 rings (SSSR count). The summed E-state index contributed by atoms with van der Waals surface area (Å²) in [5.74, 6) is -5.31. The molecule has 1 unspecified atom stereocenters. The van der Waals surface area contributed by atoms with Crippen molar-refractivity contribution in [3.8, 4) is 0 Å². The van der Waals surface area contributed by atoms with E-state index in [0.29, 0.717) is 12.8 Å². The minimum absolute atomic E-state index is 0.0172. The highest BCUT2D eigenvalue weighted by molar-refractivity contribution is 7.48. The van der Waals surface area contributed by atoms with Crippen LogP contribution in [0.1, 0.15) is 86.0 Å². The Bertz CT molecular complexity index is 900. The summed E-state index contributed by atoms with van der Waals surface area (Å²) < 4.78 is 58.2. The van der Waals surface area contributed by atoms with Gasteiger partial charge in [0.1, 0.15) is 12.2 Å². The molecule has 39 heavy (non-hydrogen) atoms. The Hall–Kier alpha value is -2.05. The van der Waals surface area contributed by atoms with Gasteiger partial charge < -0.3 is 23.7 Å². The molecule has 0 aliphatic carbocycles. The highest BCUT2D eigenvalue weighted by Gasteiger charge is 2.67. The molecule has 224 valence electrons. The van der Waals surface area contributed by atoms with Gasteiger partial charge in [0, 0.05) is 20.3 Å². The molecule has 0 radical (unpaired) electrons. The molecule has 1 spiro atoms. The van der Waals surface area contributed by atoms with Gasteiger partial charge >= 0.3 is 31.7 Å². The van der Waals surface area contributed by atoms with Gasteiger partial charge in [-0.25, -0.2) is 13.9 Å². The Balaban J connectivity index is 2.55. The minimum atomic E-state index is -4.39. The summed E-state index contributed by atoms with van der Waals surface area (Å²) in [7, 11) is -3.29. The van der Waals surface area contributed by atoms with E-state index in [1.807, 2.05) is 13.8 Å². The molecule has 14 heteroatoms. The number of carbonyl (C=O) groups is 4. The van der Waals surface area contributed by atoms with Crippen molar-refractivity contribution < 1.29 is 61.0 Å². The van der Waals surface area contributed by atoms with Crippen LogP contribution in [0.4, 0.5) is 0 Å². The fourth-order valence-electron chi connectivity index (χ4n) is 4.46. The van der Waals surface area contributed by atoms with Crippen LogP contribution in [0.5, 0.6) is 0 Å². The third-order valence-electron chi connectivity index (χ3n) is 6.41. The summed E-state index contributed by atoms with van der Waals surface area (Å²) >= 11 is 0. The van der Waals surface area contributed by atoms with Gasteiger partial charge in [0.25, 0.3) is 5.79 Å². The Labute approximate surface area is 229 Å². The highest BCUT2D eigenvalue weighted by Crippen LogP contribution is 2.58. The number of methoxy groups -OCH3 is 1. The van der Waals surface area contributed by atoms with E-state index in [-0.39, 0.29) is 38.9 Å². The average molecular weight is 581 g/mol. The molecule has 0 N–H and O–H groups in total. The predicted octanol–water partition coefficient (Wildman–Crippen LogP) is 3.75. The van der Waals surface area contributed by atoms with Gasteiger partial charge in [0.05, 0.1) is 26.7 Å². The quantitative estimate of drug-likeness (QED) is 0.112. The summed E-state index contributed by atoms with van der Waals surface area (Å²) in [6, 6.07) is 0. The van der Waals surface area contributed by atoms with Crippen LogP contribution in [0.2, 0.25) is 0 Å². The maximum Gasteiger partial charge on any atom is 0.477 e. The van der Waals surface area contributed by atoms with Crippen LogP contribution in [0.15, 0.2) is 0 Å². The van der Waals surface area contributed by atoms with Crippen LogP contribution in [-0.2, 0) is 61.0 Å². The van der Waals surface area contributed by atoms with Crippen LogP contribution >= 0.6 is 7.82 Å². The number of esters is 4. The lowest BCUT2D eigenvalue weighted by Crippen LogP contribution is -2.70. The summed E-state index contributed by atoms with van der Waals surface area (Å²) in [6.07, 6.45) is -1.35. The molecule has 13 nitrogen and oxygen atoms in total. The second-order valence-electron chi connectivity index (χ2n) is 9.54. The summed E-state index contributed by atoms with van der Waals surface area (Å²) in [5.41, 5.74) is -1.33. The molecule has 2 aliphatic heterocycles. The maximum atomic E-state index is 13.7. The molecule has 0 aromatic rings. The fraction of sp³-hybridized carbons (Fsp3) is 0.840. The topological polar surface area (TPSA) is 159 Å². The summed E-state index contributed by atoms with van der Waals surface area (Å²) in [4.78, 5) is 49.2. The van der Waals surface area contributed by atoms with Gasteiger partial charge in [-0.05, 0) is 25.7 Å². The third-order valence-corrected chi connectivity index (χ3v) is 7.93. The lowest BCUT2D eigenvalue weighted by molar-refractivity contribution is -0.329. The number of hydrogen-bond donors (Lipinski definition) is 0. The van der Waals surface area contributed by atoms with E-state index in [1.165, 1.54) is 6.92 Å². The normalized spacial score (nSPS) is 26.2. The number of hydrogen-bond acceptors (Lipinski definition) is 13. The zero-order chi connectivity index (χ0) is 29.3. The Morgan fingerprint density at radius 2 is 1.56 bits per heavy atom. The molecule has 0 bridgehead atoms. The van der Waals surface area contributed by atoms with Crippen molar-refractivity contribution in [2.75, 3.05) is 20.3 Å². The number of unbranched alkanes of at least 4 members (excludes halogenated alkanes) is 2. The largest absolute Gasteiger partial charge is 0.477 e. The molecule has 0 aromatic carbocycles. The number of rotatable bonds is 16. The molecule has 0 saturated carbocycles. The van der Waals surface area contributed by atoms with Crippen LogP contribution in [-0.4, -0.2) is 73.9 Å². The standard InChI is InChI=1S/C25H41O13P/c1-7-10-14-32-39(30,33-15-11-8-2)38-25(23(29)31-6)13-12-24(16-20(28)36-24)22(37-25)21(35-18(5)27)19(9-3)34-17(4)26/h19,21-22H,7-16H2,1-6H3/t19-,21-,22?,24-,25+/m1/s1. The number of phosphoric acid groups is 1. The van der Waals surface area contributed by atoms with Crippen LogP contribution < -0.4 is 0 Å². The molecule has 2 fully saturated rings. The zero-order valence-electron chi connectivity index (χ0n) is 23.6. The average Bonchev–Trinajstić information content (AvgIpc) is 2.86. The van der Waals surface area contributed by atoms with Crippen LogP contribution in [0.3, 0.4) is 0 Å². The van der Waals surface area contributed by atoms with Crippen molar-refractivity contribution in [3.63, 3.8) is 0 Å². The van der Waals surface area contributed by atoms with E-state index >= 15 is 0 Å². The van der Waals surface area contributed by atoms with E-state index in [2.05, 4.69) is 0 Å². The first-order valence-corrected chi connectivity index (χ1v) is 14.8. The minimum Gasteiger partial charge on any atom is -0.465 e. The summed E-state index contributed by atoms with van der Waals surface area (Å²) in [6.45, 7) is 7.92. The maximum absolute atomic E-state index is 13.7. The van der Waals surface area contributed by atoms with E-state index in [0.717, 1.165) is 26.9 Å². The molecule has 0 aromatic heterocycles. The Morgan fingerprint density at radius 1 is 1.00 bits per heavy atom. The molecular formula is C25H41O13P. The monoisotopic (exact) mass is 580 g/mol.